The second-order valence-corrected chi connectivity index (χ2v) is 8.92. The molecule has 1 amide bonds. The van der Waals surface area contributed by atoms with Crippen LogP contribution < -0.4 is 10.1 Å². The van der Waals surface area contributed by atoms with Gasteiger partial charge in [-0.1, -0.05) is 12.1 Å². The van der Waals surface area contributed by atoms with Crippen molar-refractivity contribution in [3.63, 3.8) is 0 Å². The van der Waals surface area contributed by atoms with Gasteiger partial charge in [-0.25, -0.2) is 12.8 Å². The van der Waals surface area contributed by atoms with E-state index in [0.29, 0.717) is 5.69 Å². The third-order valence-corrected chi connectivity index (χ3v) is 6.66. The number of halogens is 1. The first-order valence-electron chi connectivity index (χ1n) is 9.86. The highest BCUT2D eigenvalue weighted by molar-refractivity contribution is 7.91. The average molecular weight is 453 g/mol. The Bertz CT molecular complexity index is 1350. The summed E-state index contributed by atoms with van der Waals surface area (Å²) in [5.74, 6) is -0.896. The number of nitrogens with zero attached hydrogens (tertiary/aromatic N) is 1. The van der Waals surface area contributed by atoms with Crippen molar-refractivity contribution in [2.75, 3.05) is 6.61 Å². The molecule has 0 aliphatic carbocycles. The molecule has 0 fully saturated rings. The van der Waals surface area contributed by atoms with Crippen molar-refractivity contribution < 1.29 is 22.3 Å². The molecule has 2 heterocycles. The van der Waals surface area contributed by atoms with E-state index >= 15 is 0 Å². The minimum Gasteiger partial charge on any atom is -0.492 e. The predicted molar refractivity (Wildman–Crippen MR) is 117 cm³/mol. The Labute approximate surface area is 184 Å². The van der Waals surface area contributed by atoms with Crippen molar-refractivity contribution in [1.82, 2.24) is 15.3 Å². The van der Waals surface area contributed by atoms with E-state index in [-0.39, 0.29) is 34.6 Å². The van der Waals surface area contributed by atoms with Crippen LogP contribution in [0.15, 0.2) is 76.8 Å². The highest BCUT2D eigenvalue weighted by atomic mass is 32.2. The molecule has 0 radical (unpaired) electrons. The van der Waals surface area contributed by atoms with Crippen LogP contribution in [0.1, 0.15) is 23.0 Å². The van der Waals surface area contributed by atoms with Crippen LogP contribution in [0.4, 0.5) is 4.39 Å². The fourth-order valence-electron chi connectivity index (χ4n) is 3.26. The number of benzene rings is 2. The van der Waals surface area contributed by atoms with Crippen LogP contribution in [0.5, 0.6) is 5.75 Å². The summed E-state index contributed by atoms with van der Waals surface area (Å²) in [7, 11) is -3.90. The zero-order valence-corrected chi connectivity index (χ0v) is 17.9. The molecule has 32 heavy (non-hydrogen) atoms. The summed E-state index contributed by atoms with van der Waals surface area (Å²) in [5.41, 5.74) is 1.94. The van der Waals surface area contributed by atoms with E-state index in [4.69, 9.17) is 4.74 Å². The minimum absolute atomic E-state index is 0.0302. The number of amides is 1. The fraction of sp³-hybridized carbons (Fsp3) is 0.130. The molecular weight excluding hydrogens is 433 g/mol. The lowest BCUT2D eigenvalue weighted by Gasteiger charge is -2.12. The number of aromatic amines is 1. The van der Waals surface area contributed by atoms with Crippen LogP contribution in [0.2, 0.25) is 0 Å². The lowest BCUT2D eigenvalue weighted by atomic mass is 10.2. The number of fused-ring (bicyclic) bond motifs is 1. The van der Waals surface area contributed by atoms with E-state index < -0.39 is 15.7 Å². The number of H-pyrrole nitrogens is 1. The van der Waals surface area contributed by atoms with Crippen molar-refractivity contribution in [3.05, 3.63) is 84.1 Å². The fourth-order valence-corrected chi connectivity index (χ4v) is 4.64. The molecule has 0 saturated heterocycles. The summed E-state index contributed by atoms with van der Waals surface area (Å²) in [6.45, 7) is 2.11. The van der Waals surface area contributed by atoms with E-state index in [2.05, 4.69) is 15.3 Å². The number of carbonyl (C=O) groups is 1. The predicted octanol–water partition coefficient (Wildman–Crippen LogP) is 3.86. The maximum atomic E-state index is 13.5. The van der Waals surface area contributed by atoms with Gasteiger partial charge in [-0.2, -0.15) is 0 Å². The van der Waals surface area contributed by atoms with Crippen molar-refractivity contribution in [1.29, 1.82) is 0 Å². The number of hydrogen-bond acceptors (Lipinski definition) is 5. The second kappa shape index (κ2) is 8.80. The third-order valence-electron chi connectivity index (χ3n) is 4.85. The molecule has 164 valence electrons. The summed E-state index contributed by atoms with van der Waals surface area (Å²) < 4.78 is 44.9. The van der Waals surface area contributed by atoms with Gasteiger partial charge in [0.25, 0.3) is 5.91 Å². The first kappa shape index (κ1) is 21.5. The second-order valence-electron chi connectivity index (χ2n) is 7.00. The van der Waals surface area contributed by atoms with Gasteiger partial charge in [0.1, 0.15) is 22.2 Å². The summed E-state index contributed by atoms with van der Waals surface area (Å²) in [5, 5.41) is 3.63. The van der Waals surface area contributed by atoms with Crippen LogP contribution in [-0.2, 0) is 16.4 Å². The smallest absolute Gasteiger partial charge is 0.267 e. The molecular formula is C23H20FN3O4S. The van der Waals surface area contributed by atoms with Crippen LogP contribution in [0, 0.1) is 5.82 Å². The van der Waals surface area contributed by atoms with Crippen molar-refractivity contribution in [2.24, 2.45) is 0 Å². The Hall–Kier alpha value is -3.72. The van der Waals surface area contributed by atoms with E-state index in [1.807, 2.05) is 0 Å². The number of nitrogens with one attached hydrogen (secondary N) is 2. The van der Waals surface area contributed by atoms with Gasteiger partial charge in [0, 0.05) is 35.9 Å². The average Bonchev–Trinajstić information content (AvgIpc) is 3.22. The van der Waals surface area contributed by atoms with E-state index in [9.17, 15) is 17.6 Å². The number of rotatable bonds is 7. The molecule has 2 aromatic heterocycles. The first-order chi connectivity index (χ1) is 15.4. The van der Waals surface area contributed by atoms with E-state index in [1.54, 1.807) is 43.6 Å². The van der Waals surface area contributed by atoms with Crippen molar-refractivity contribution >= 4 is 26.6 Å². The number of ether oxygens (including phenoxy) is 1. The van der Waals surface area contributed by atoms with Crippen LogP contribution in [-0.4, -0.2) is 30.9 Å². The number of sulfone groups is 1. The van der Waals surface area contributed by atoms with Crippen LogP contribution in [0.25, 0.3) is 10.9 Å². The third kappa shape index (κ3) is 4.33. The Balaban J connectivity index is 1.48. The Kier molecular flexibility index (Phi) is 5.91. The molecule has 2 N–H and O–H groups in total. The molecule has 0 bridgehead atoms. The largest absolute Gasteiger partial charge is 0.492 e. The molecule has 0 aliphatic heterocycles. The van der Waals surface area contributed by atoms with Gasteiger partial charge in [0.2, 0.25) is 9.84 Å². The summed E-state index contributed by atoms with van der Waals surface area (Å²) in [6, 6.07) is 13.0. The summed E-state index contributed by atoms with van der Waals surface area (Å²) >= 11 is 0. The first-order valence-corrected chi connectivity index (χ1v) is 11.3. The quantitative estimate of drug-likeness (QED) is 0.414. The SMILES string of the molecule is CCOc1cc(F)ccc1S(=O)(=O)c1ccc(CNC(=O)c2cc3cnccc3[nH]2)cc1. The number of carbonyl (C=O) groups excluding carboxylic acids is 1. The van der Waals surface area contributed by atoms with E-state index in [1.165, 1.54) is 18.2 Å². The van der Waals surface area contributed by atoms with E-state index in [0.717, 1.165) is 28.6 Å². The van der Waals surface area contributed by atoms with Crippen LogP contribution >= 0.6 is 0 Å². The maximum absolute atomic E-state index is 13.5. The van der Waals surface area contributed by atoms with Crippen LogP contribution in [0.3, 0.4) is 0 Å². The van der Waals surface area contributed by atoms with Gasteiger partial charge >= 0.3 is 0 Å². The highest BCUT2D eigenvalue weighted by Gasteiger charge is 2.23. The molecule has 0 unspecified atom stereocenters. The molecule has 9 heteroatoms. The van der Waals surface area contributed by atoms with Gasteiger partial charge in [0.05, 0.1) is 11.5 Å². The molecule has 2 aromatic carbocycles. The van der Waals surface area contributed by atoms with Gasteiger partial charge in [-0.15, -0.1) is 0 Å². The molecule has 7 nitrogen and oxygen atoms in total. The monoisotopic (exact) mass is 453 g/mol. The standard InChI is InChI=1S/C23H20FN3O4S/c1-2-31-21-12-17(24)5-8-22(21)32(29,30)18-6-3-15(4-7-18)13-26-23(28)20-11-16-14-25-10-9-19(16)27-20/h3-12,14,27H,2,13H2,1H3,(H,26,28). The lowest BCUT2D eigenvalue weighted by Crippen LogP contribution is -2.23. The number of hydrogen-bond donors (Lipinski definition) is 2. The normalized spacial score (nSPS) is 11.4. The number of pyridine rings is 1. The summed E-state index contributed by atoms with van der Waals surface area (Å²) in [4.78, 5) is 19.4. The molecule has 0 spiro atoms. The van der Waals surface area contributed by atoms with Crippen molar-refractivity contribution in [2.45, 2.75) is 23.3 Å². The Morgan fingerprint density at radius 1 is 1.12 bits per heavy atom. The topological polar surface area (TPSA) is 101 Å². The van der Waals surface area contributed by atoms with Gasteiger partial charge in [-0.05, 0) is 48.9 Å². The van der Waals surface area contributed by atoms with Crippen molar-refractivity contribution in [3.8, 4) is 5.75 Å². The molecule has 4 rings (SSSR count). The molecule has 0 aliphatic rings. The zero-order valence-electron chi connectivity index (χ0n) is 17.1. The highest BCUT2D eigenvalue weighted by Crippen LogP contribution is 2.30. The Morgan fingerprint density at radius 2 is 1.91 bits per heavy atom. The lowest BCUT2D eigenvalue weighted by molar-refractivity contribution is 0.0946. The van der Waals surface area contributed by atoms with Gasteiger partial charge in [-0.3, -0.25) is 9.78 Å². The summed E-state index contributed by atoms with van der Waals surface area (Å²) in [6.07, 6.45) is 3.30. The minimum atomic E-state index is -3.90. The molecule has 0 atom stereocenters. The van der Waals surface area contributed by atoms with Gasteiger partial charge in [0.15, 0.2) is 0 Å². The van der Waals surface area contributed by atoms with Gasteiger partial charge < -0.3 is 15.0 Å². The molecule has 4 aromatic rings. The zero-order chi connectivity index (χ0) is 22.7. The number of aromatic nitrogens is 2. The molecule has 0 saturated carbocycles. The Morgan fingerprint density at radius 3 is 2.62 bits per heavy atom. The maximum Gasteiger partial charge on any atom is 0.267 e.